The van der Waals surface area contributed by atoms with Crippen LogP contribution in [0.15, 0.2) is 35.7 Å². The Morgan fingerprint density at radius 3 is 2.63 bits per heavy atom. The van der Waals surface area contributed by atoms with E-state index in [2.05, 4.69) is 11.4 Å². The van der Waals surface area contributed by atoms with Crippen molar-refractivity contribution in [1.29, 1.82) is 0 Å². The minimum atomic E-state index is 0.796. The van der Waals surface area contributed by atoms with Gasteiger partial charge in [0.1, 0.15) is 5.01 Å². The molecule has 0 spiro atoms. The monoisotopic (exact) mass is 284 g/mol. The number of benzene rings is 1. The van der Waals surface area contributed by atoms with Gasteiger partial charge in [-0.25, -0.2) is 4.98 Å². The normalized spacial score (nSPS) is 13.1. The highest BCUT2D eigenvalue weighted by Gasteiger charge is 2.21. The van der Waals surface area contributed by atoms with Gasteiger partial charge in [-0.3, -0.25) is 0 Å². The summed E-state index contributed by atoms with van der Waals surface area (Å²) in [5.74, 6) is 0. The molecule has 2 aromatic heterocycles. The SMILES string of the molecule is Nc1ccc(-c2nc3c(s2)CCc2sccc2-3)cc1. The molecule has 0 unspecified atom stereocenters. The second-order valence-corrected chi connectivity index (χ2v) is 6.75. The maximum absolute atomic E-state index is 5.74. The second-order valence-electron chi connectivity index (χ2n) is 4.67. The summed E-state index contributed by atoms with van der Waals surface area (Å²) >= 11 is 3.66. The van der Waals surface area contributed by atoms with Crippen LogP contribution >= 0.6 is 22.7 Å². The molecule has 0 atom stereocenters. The summed E-state index contributed by atoms with van der Waals surface area (Å²) in [7, 11) is 0. The first kappa shape index (κ1) is 11.2. The molecule has 2 heterocycles. The van der Waals surface area contributed by atoms with Crippen molar-refractivity contribution in [3.8, 4) is 21.8 Å². The summed E-state index contributed by atoms with van der Waals surface area (Å²) < 4.78 is 0. The Morgan fingerprint density at radius 2 is 1.79 bits per heavy atom. The minimum absolute atomic E-state index is 0.796. The highest BCUT2D eigenvalue weighted by Crippen LogP contribution is 2.41. The van der Waals surface area contributed by atoms with E-state index in [1.54, 1.807) is 0 Å². The molecular formula is C15H12N2S2. The number of nitrogens with zero attached hydrogens (tertiary/aromatic N) is 1. The summed E-state index contributed by atoms with van der Waals surface area (Å²) in [6.07, 6.45) is 2.28. The van der Waals surface area contributed by atoms with Crippen LogP contribution in [0.1, 0.15) is 9.75 Å². The quantitative estimate of drug-likeness (QED) is 0.679. The van der Waals surface area contributed by atoms with E-state index in [0.29, 0.717) is 0 Å². The third kappa shape index (κ3) is 1.79. The zero-order chi connectivity index (χ0) is 12.8. The number of nitrogens with two attached hydrogens (primary N) is 1. The van der Waals surface area contributed by atoms with Crippen molar-refractivity contribution in [3.63, 3.8) is 0 Å². The van der Waals surface area contributed by atoms with E-state index in [1.165, 1.54) is 21.0 Å². The van der Waals surface area contributed by atoms with Crippen LogP contribution in [0, 0.1) is 0 Å². The lowest BCUT2D eigenvalue weighted by molar-refractivity contribution is 0.979. The number of anilines is 1. The van der Waals surface area contributed by atoms with Crippen LogP contribution in [0.5, 0.6) is 0 Å². The van der Waals surface area contributed by atoms with Crippen LogP contribution in [-0.2, 0) is 12.8 Å². The van der Waals surface area contributed by atoms with Gasteiger partial charge >= 0.3 is 0 Å². The van der Waals surface area contributed by atoms with Crippen LogP contribution in [0.3, 0.4) is 0 Å². The summed E-state index contributed by atoms with van der Waals surface area (Å²) in [6, 6.07) is 10.2. The molecule has 1 aliphatic carbocycles. The van der Waals surface area contributed by atoms with E-state index < -0.39 is 0 Å². The fourth-order valence-electron chi connectivity index (χ4n) is 2.45. The molecule has 1 aliphatic rings. The van der Waals surface area contributed by atoms with E-state index in [-0.39, 0.29) is 0 Å². The first-order valence-corrected chi connectivity index (χ1v) is 7.93. The lowest BCUT2D eigenvalue weighted by Crippen LogP contribution is -1.97. The molecule has 0 bridgehead atoms. The topological polar surface area (TPSA) is 38.9 Å². The zero-order valence-electron chi connectivity index (χ0n) is 10.2. The Hall–Kier alpha value is -1.65. The molecule has 0 saturated carbocycles. The highest BCUT2D eigenvalue weighted by atomic mass is 32.1. The minimum Gasteiger partial charge on any atom is -0.399 e. The van der Waals surface area contributed by atoms with Gasteiger partial charge in [0.15, 0.2) is 0 Å². The molecule has 2 N–H and O–H groups in total. The van der Waals surface area contributed by atoms with Gasteiger partial charge in [0.25, 0.3) is 0 Å². The van der Waals surface area contributed by atoms with Gasteiger partial charge in [-0.2, -0.15) is 0 Å². The predicted molar refractivity (Wildman–Crippen MR) is 82.7 cm³/mol. The molecule has 3 aromatic rings. The molecule has 4 heteroatoms. The van der Waals surface area contributed by atoms with Crippen molar-refractivity contribution in [2.24, 2.45) is 0 Å². The van der Waals surface area contributed by atoms with E-state index in [4.69, 9.17) is 10.7 Å². The number of nitrogen functional groups attached to an aromatic ring is 1. The second kappa shape index (κ2) is 4.18. The first-order valence-electron chi connectivity index (χ1n) is 6.23. The van der Waals surface area contributed by atoms with Gasteiger partial charge < -0.3 is 5.73 Å². The fraction of sp³-hybridized carbons (Fsp3) is 0.133. The van der Waals surface area contributed by atoms with Gasteiger partial charge in [0.2, 0.25) is 0 Å². The Morgan fingerprint density at radius 1 is 1.00 bits per heavy atom. The number of hydrogen-bond acceptors (Lipinski definition) is 4. The van der Waals surface area contributed by atoms with Gasteiger partial charge in [-0.15, -0.1) is 22.7 Å². The molecule has 0 saturated heterocycles. The number of thiophene rings is 1. The van der Waals surface area contributed by atoms with Gasteiger partial charge in [0, 0.05) is 26.6 Å². The van der Waals surface area contributed by atoms with Crippen LogP contribution in [0.2, 0.25) is 0 Å². The number of rotatable bonds is 1. The molecule has 0 amide bonds. The van der Waals surface area contributed by atoms with Crippen molar-refractivity contribution >= 4 is 28.4 Å². The summed E-state index contributed by atoms with van der Waals surface area (Å²) in [5, 5.41) is 3.27. The van der Waals surface area contributed by atoms with E-state index in [0.717, 1.165) is 29.1 Å². The Bertz CT molecular complexity index is 738. The number of hydrogen-bond donors (Lipinski definition) is 1. The van der Waals surface area contributed by atoms with Crippen LogP contribution in [0.25, 0.3) is 21.8 Å². The van der Waals surface area contributed by atoms with Crippen LogP contribution < -0.4 is 5.73 Å². The summed E-state index contributed by atoms with van der Waals surface area (Å²) in [5.41, 5.74) is 10.2. The summed E-state index contributed by atoms with van der Waals surface area (Å²) in [6.45, 7) is 0. The van der Waals surface area contributed by atoms with Gasteiger partial charge in [-0.1, -0.05) is 0 Å². The standard InChI is InChI=1S/C15H12N2S2/c16-10-3-1-9(2-4-10)15-17-14-11-7-8-18-12(11)5-6-13(14)19-15/h1-4,7-8H,5-6,16H2. The molecule has 0 radical (unpaired) electrons. The summed E-state index contributed by atoms with van der Waals surface area (Å²) in [4.78, 5) is 7.74. The maximum atomic E-state index is 5.74. The fourth-order valence-corrected chi connectivity index (χ4v) is 4.41. The maximum Gasteiger partial charge on any atom is 0.124 e. The smallest absolute Gasteiger partial charge is 0.124 e. The van der Waals surface area contributed by atoms with Crippen molar-refractivity contribution in [1.82, 2.24) is 4.98 Å². The number of thiazole rings is 1. The van der Waals surface area contributed by atoms with Crippen LogP contribution in [0.4, 0.5) is 5.69 Å². The Kier molecular flexibility index (Phi) is 2.47. The van der Waals surface area contributed by atoms with E-state index in [9.17, 15) is 0 Å². The van der Waals surface area contributed by atoms with E-state index >= 15 is 0 Å². The number of aryl methyl sites for hydroxylation is 2. The molecule has 0 aliphatic heterocycles. The number of aromatic nitrogens is 1. The third-order valence-electron chi connectivity index (χ3n) is 3.43. The molecule has 1 aromatic carbocycles. The molecule has 19 heavy (non-hydrogen) atoms. The Labute approximate surface area is 119 Å². The average Bonchev–Trinajstić information content (AvgIpc) is 3.04. The Balaban J connectivity index is 1.84. The molecular weight excluding hydrogens is 272 g/mol. The first-order chi connectivity index (χ1) is 9.31. The van der Waals surface area contributed by atoms with Crippen LogP contribution in [-0.4, -0.2) is 4.98 Å². The highest BCUT2D eigenvalue weighted by molar-refractivity contribution is 7.15. The lowest BCUT2D eigenvalue weighted by atomic mass is 10.0. The zero-order valence-corrected chi connectivity index (χ0v) is 11.9. The lowest BCUT2D eigenvalue weighted by Gasteiger charge is -2.09. The largest absolute Gasteiger partial charge is 0.399 e. The average molecular weight is 284 g/mol. The molecule has 2 nitrogen and oxygen atoms in total. The van der Waals surface area contributed by atoms with Crippen molar-refractivity contribution < 1.29 is 0 Å². The third-order valence-corrected chi connectivity index (χ3v) is 5.58. The van der Waals surface area contributed by atoms with Crippen molar-refractivity contribution in [2.75, 3.05) is 5.73 Å². The number of fused-ring (bicyclic) bond motifs is 3. The van der Waals surface area contributed by atoms with Gasteiger partial charge in [0.05, 0.1) is 5.69 Å². The predicted octanol–water partition coefficient (Wildman–Crippen LogP) is 4.22. The van der Waals surface area contributed by atoms with E-state index in [1.807, 2.05) is 46.9 Å². The van der Waals surface area contributed by atoms with Crippen molar-refractivity contribution in [2.45, 2.75) is 12.8 Å². The molecule has 0 fully saturated rings. The molecule has 94 valence electrons. The van der Waals surface area contributed by atoms with Crippen molar-refractivity contribution in [3.05, 3.63) is 45.5 Å². The van der Waals surface area contributed by atoms with Gasteiger partial charge in [-0.05, 0) is 48.6 Å². The molecule has 4 rings (SSSR count).